The van der Waals surface area contributed by atoms with Gasteiger partial charge in [0.1, 0.15) is 5.75 Å². The molecule has 0 amide bonds. The molecule has 0 spiro atoms. The van der Waals surface area contributed by atoms with Gasteiger partial charge in [-0.15, -0.1) is 0 Å². The molecule has 0 unspecified atom stereocenters. The summed E-state index contributed by atoms with van der Waals surface area (Å²) in [5.74, 6) is 4.67. The Balaban J connectivity index is 1.50. The Morgan fingerprint density at radius 1 is 1.09 bits per heavy atom. The summed E-state index contributed by atoms with van der Waals surface area (Å²) >= 11 is 0. The van der Waals surface area contributed by atoms with Gasteiger partial charge in [-0.05, 0) is 85.7 Å². The molecular formula is C31H30F6N2O4. The van der Waals surface area contributed by atoms with Crippen LogP contribution in [0.2, 0.25) is 0 Å². The second kappa shape index (κ2) is 12.8. The number of carboxylic acid groups (broad SMARTS) is 1. The third kappa shape index (κ3) is 8.18. The lowest BCUT2D eigenvalue weighted by Crippen LogP contribution is -2.44. The van der Waals surface area contributed by atoms with E-state index in [1.165, 1.54) is 7.11 Å². The molecule has 3 aromatic rings. The number of benzene rings is 2. The monoisotopic (exact) mass is 608 g/mol. The predicted molar refractivity (Wildman–Crippen MR) is 146 cm³/mol. The molecule has 2 atom stereocenters. The highest BCUT2D eigenvalue weighted by Crippen LogP contribution is 2.41. The minimum absolute atomic E-state index is 0.0241. The van der Waals surface area contributed by atoms with Gasteiger partial charge in [-0.2, -0.15) is 26.3 Å². The zero-order valence-corrected chi connectivity index (χ0v) is 23.2. The van der Waals surface area contributed by atoms with E-state index in [1.54, 1.807) is 30.5 Å². The Morgan fingerprint density at radius 2 is 1.79 bits per heavy atom. The third-order valence-corrected chi connectivity index (χ3v) is 7.68. The molecule has 4 rings (SSSR count). The number of aromatic nitrogens is 1. The number of likely N-dealkylation sites (tertiary alicyclic amines) is 1. The lowest BCUT2D eigenvalue weighted by atomic mass is 9.73. The van der Waals surface area contributed by atoms with Crippen molar-refractivity contribution in [1.29, 1.82) is 0 Å². The van der Waals surface area contributed by atoms with Crippen molar-refractivity contribution in [2.75, 3.05) is 26.7 Å². The van der Waals surface area contributed by atoms with Gasteiger partial charge in [0.25, 0.3) is 0 Å². The van der Waals surface area contributed by atoms with Gasteiger partial charge in [-0.25, -0.2) is 0 Å². The van der Waals surface area contributed by atoms with Crippen molar-refractivity contribution in [2.24, 2.45) is 5.41 Å². The lowest BCUT2D eigenvalue weighted by Gasteiger charge is -2.42. The second-order valence-corrected chi connectivity index (χ2v) is 10.8. The van der Waals surface area contributed by atoms with E-state index >= 15 is 0 Å². The molecule has 1 fully saturated rings. The molecule has 1 aromatic heterocycles. The van der Waals surface area contributed by atoms with Gasteiger partial charge in [-0.3, -0.25) is 14.7 Å². The van der Waals surface area contributed by atoms with Crippen LogP contribution in [-0.4, -0.2) is 52.8 Å². The second-order valence-electron chi connectivity index (χ2n) is 10.8. The highest BCUT2D eigenvalue weighted by atomic mass is 19.4. The van der Waals surface area contributed by atoms with E-state index in [2.05, 4.69) is 16.8 Å². The fourth-order valence-electron chi connectivity index (χ4n) is 5.65. The minimum atomic E-state index is -4.97. The van der Waals surface area contributed by atoms with Gasteiger partial charge < -0.3 is 14.9 Å². The molecular weight excluding hydrogens is 578 g/mol. The van der Waals surface area contributed by atoms with Crippen molar-refractivity contribution in [2.45, 2.75) is 50.6 Å². The summed E-state index contributed by atoms with van der Waals surface area (Å²) in [7, 11) is 1.53. The van der Waals surface area contributed by atoms with E-state index in [0.29, 0.717) is 66.7 Å². The Labute approximate surface area is 244 Å². The van der Waals surface area contributed by atoms with Crippen molar-refractivity contribution in [3.05, 3.63) is 70.9 Å². The molecule has 2 N–H and O–H groups in total. The first-order chi connectivity index (χ1) is 20.2. The van der Waals surface area contributed by atoms with E-state index in [0.717, 1.165) is 0 Å². The van der Waals surface area contributed by atoms with Crippen LogP contribution >= 0.6 is 0 Å². The number of nitrogens with zero attached hydrogens (tertiary/aromatic N) is 2. The van der Waals surface area contributed by atoms with Crippen LogP contribution < -0.4 is 4.74 Å². The first kappa shape index (κ1) is 32.1. The molecule has 6 nitrogen and oxygen atoms in total. The topological polar surface area (TPSA) is 82.9 Å². The highest BCUT2D eigenvalue weighted by Gasteiger charge is 2.38. The number of alkyl halides is 6. The Morgan fingerprint density at radius 3 is 2.42 bits per heavy atom. The zero-order chi connectivity index (χ0) is 31.4. The number of aliphatic carboxylic acids is 1. The summed E-state index contributed by atoms with van der Waals surface area (Å²) in [5.41, 5.74) is -2.71. The molecule has 1 aliphatic rings. The predicted octanol–water partition coefficient (Wildman–Crippen LogP) is 6.70. The summed E-state index contributed by atoms with van der Waals surface area (Å²) < 4.78 is 84.4. The van der Waals surface area contributed by atoms with E-state index in [9.17, 15) is 41.4 Å². The lowest BCUT2D eigenvalue weighted by molar-refractivity contribution is -0.143. The van der Waals surface area contributed by atoms with Crippen molar-refractivity contribution in [1.82, 2.24) is 9.88 Å². The number of methoxy groups -OCH3 is 1. The molecule has 0 aliphatic carbocycles. The number of ether oxygens (including phenoxy) is 1. The van der Waals surface area contributed by atoms with Gasteiger partial charge in [0.15, 0.2) is 0 Å². The third-order valence-electron chi connectivity index (χ3n) is 7.68. The maximum absolute atomic E-state index is 13.2. The smallest absolute Gasteiger partial charge is 0.416 e. The average Bonchev–Trinajstić information content (AvgIpc) is 2.94. The molecule has 43 heavy (non-hydrogen) atoms. The van der Waals surface area contributed by atoms with Crippen LogP contribution in [-0.2, 0) is 17.1 Å². The molecule has 2 heterocycles. The number of hydrogen-bond donors (Lipinski definition) is 2. The number of aliphatic hydroxyl groups excluding tert-OH is 1. The maximum Gasteiger partial charge on any atom is 0.416 e. The molecule has 12 heteroatoms. The Bertz CT molecular complexity index is 1500. The number of halogens is 6. The van der Waals surface area contributed by atoms with Crippen molar-refractivity contribution < 1.29 is 46.1 Å². The van der Waals surface area contributed by atoms with Crippen molar-refractivity contribution >= 4 is 16.9 Å². The standard InChI is InChI=1S/C31H30F6N2O4/c1-43-23-5-6-26-25(17-23)24(8-11-38-26)27(40)7-10-29(18-28(41)42)9-3-13-39(19-29)12-2-4-20-14-21(30(32,33)34)16-22(15-20)31(35,36)37/h5-6,8,11,14-17,27,40H,3,7,9-10,12-13,18-19H2,1H3,(H,41,42)/t27-,29-/m1/s1. The van der Waals surface area contributed by atoms with E-state index in [4.69, 9.17) is 4.74 Å². The van der Waals surface area contributed by atoms with Gasteiger partial charge in [0.05, 0.1) is 42.8 Å². The first-order valence-corrected chi connectivity index (χ1v) is 13.5. The normalized spacial score (nSPS) is 18.6. The SMILES string of the molecule is COc1ccc2nccc([C@H](O)CC[C@@]3(CC(=O)O)CCCN(CC#Cc4cc(C(F)(F)F)cc(C(F)(F)F)c4)C3)c2c1. The number of pyridine rings is 1. The van der Waals surface area contributed by atoms with Crippen LogP contribution in [0.25, 0.3) is 10.9 Å². The van der Waals surface area contributed by atoms with Gasteiger partial charge in [-0.1, -0.05) is 11.8 Å². The highest BCUT2D eigenvalue weighted by molar-refractivity contribution is 5.83. The number of aliphatic hydroxyl groups is 1. The van der Waals surface area contributed by atoms with Gasteiger partial charge >= 0.3 is 18.3 Å². The van der Waals surface area contributed by atoms with Crippen LogP contribution in [0.1, 0.15) is 60.5 Å². The van der Waals surface area contributed by atoms with Crippen molar-refractivity contribution in [3.63, 3.8) is 0 Å². The molecule has 0 saturated carbocycles. The number of rotatable bonds is 8. The number of piperidine rings is 1. The van der Waals surface area contributed by atoms with Crippen LogP contribution in [0.3, 0.4) is 0 Å². The van der Waals surface area contributed by atoms with E-state index in [1.807, 2.05) is 4.90 Å². The molecule has 1 saturated heterocycles. The van der Waals surface area contributed by atoms with Crippen LogP contribution in [0.5, 0.6) is 5.75 Å². The minimum Gasteiger partial charge on any atom is -0.497 e. The quantitative estimate of drug-likeness (QED) is 0.219. The first-order valence-electron chi connectivity index (χ1n) is 13.5. The van der Waals surface area contributed by atoms with Crippen molar-refractivity contribution in [3.8, 4) is 17.6 Å². The fraction of sp³-hybridized carbons (Fsp3) is 0.419. The van der Waals surface area contributed by atoms with Crippen LogP contribution in [0, 0.1) is 17.3 Å². The van der Waals surface area contributed by atoms with Crippen LogP contribution in [0.4, 0.5) is 26.3 Å². The van der Waals surface area contributed by atoms with Gasteiger partial charge in [0, 0.05) is 23.7 Å². The summed E-state index contributed by atoms with van der Waals surface area (Å²) in [6.45, 7) is 0.849. The Hall–Kier alpha value is -3.82. The fourth-order valence-corrected chi connectivity index (χ4v) is 5.65. The number of hydrogen-bond acceptors (Lipinski definition) is 5. The zero-order valence-electron chi connectivity index (χ0n) is 23.2. The summed E-state index contributed by atoms with van der Waals surface area (Å²) in [5, 5.41) is 21.5. The number of carboxylic acids is 1. The molecule has 2 aromatic carbocycles. The maximum atomic E-state index is 13.2. The molecule has 0 bridgehead atoms. The number of fused-ring (bicyclic) bond motifs is 1. The van der Waals surface area contributed by atoms with Gasteiger partial charge in [0.2, 0.25) is 0 Å². The summed E-state index contributed by atoms with van der Waals surface area (Å²) in [6, 6.07) is 8.22. The van der Waals surface area contributed by atoms with Crippen LogP contribution in [0.15, 0.2) is 48.7 Å². The Kier molecular flexibility index (Phi) is 9.57. The number of carbonyl (C=O) groups is 1. The largest absolute Gasteiger partial charge is 0.497 e. The molecule has 1 aliphatic heterocycles. The molecule has 230 valence electrons. The van der Waals surface area contributed by atoms with E-state index < -0.39 is 46.5 Å². The van der Waals surface area contributed by atoms with E-state index in [-0.39, 0.29) is 25.5 Å². The summed E-state index contributed by atoms with van der Waals surface area (Å²) in [4.78, 5) is 18.0. The summed E-state index contributed by atoms with van der Waals surface area (Å²) in [6.07, 6.45) is -7.64. The average molecular weight is 609 g/mol. The molecule has 0 radical (unpaired) electrons.